The SMILES string of the molecule is CCn1ncc(Cl)c1C(=O)c1ccc2c(c1)CCN2. The number of fused-ring (bicyclic) bond motifs is 1. The van der Waals surface area contributed by atoms with Crippen LogP contribution in [0.5, 0.6) is 0 Å². The number of halogens is 1. The van der Waals surface area contributed by atoms with Crippen molar-refractivity contribution in [2.45, 2.75) is 19.9 Å². The molecule has 5 heteroatoms. The molecule has 2 heterocycles. The molecule has 1 aliphatic rings. The zero-order valence-electron chi connectivity index (χ0n) is 10.6. The highest BCUT2D eigenvalue weighted by molar-refractivity contribution is 6.34. The van der Waals surface area contributed by atoms with E-state index in [9.17, 15) is 4.79 Å². The van der Waals surface area contributed by atoms with Gasteiger partial charge >= 0.3 is 0 Å². The summed E-state index contributed by atoms with van der Waals surface area (Å²) >= 11 is 6.07. The predicted octanol–water partition coefficient (Wildman–Crippen LogP) is 2.76. The van der Waals surface area contributed by atoms with Crippen LogP contribution in [0.15, 0.2) is 24.4 Å². The first-order valence-corrected chi connectivity index (χ1v) is 6.71. The van der Waals surface area contributed by atoms with Gasteiger partial charge in [-0.3, -0.25) is 9.48 Å². The fourth-order valence-electron chi connectivity index (χ4n) is 2.41. The normalized spacial score (nSPS) is 13.2. The number of hydrogen-bond donors (Lipinski definition) is 1. The van der Waals surface area contributed by atoms with Crippen LogP contribution >= 0.6 is 11.6 Å². The maximum Gasteiger partial charge on any atom is 0.212 e. The van der Waals surface area contributed by atoms with Crippen molar-refractivity contribution in [3.8, 4) is 0 Å². The Bertz CT molecular complexity index is 648. The Hall–Kier alpha value is -1.81. The molecule has 1 aromatic carbocycles. The molecule has 3 rings (SSSR count). The Morgan fingerprint density at radius 3 is 3.16 bits per heavy atom. The maximum absolute atomic E-state index is 12.5. The quantitative estimate of drug-likeness (QED) is 0.876. The summed E-state index contributed by atoms with van der Waals surface area (Å²) in [5, 5.41) is 7.79. The van der Waals surface area contributed by atoms with Crippen LogP contribution in [0.4, 0.5) is 5.69 Å². The second-order valence-electron chi connectivity index (χ2n) is 4.53. The number of anilines is 1. The monoisotopic (exact) mass is 275 g/mol. The zero-order chi connectivity index (χ0) is 13.4. The average Bonchev–Trinajstić information content (AvgIpc) is 3.02. The molecule has 2 aromatic rings. The molecule has 1 N–H and O–H groups in total. The van der Waals surface area contributed by atoms with Crippen molar-refractivity contribution in [3.05, 3.63) is 46.2 Å². The van der Waals surface area contributed by atoms with Gasteiger partial charge in [-0.1, -0.05) is 11.6 Å². The van der Waals surface area contributed by atoms with E-state index in [4.69, 9.17) is 11.6 Å². The molecule has 19 heavy (non-hydrogen) atoms. The van der Waals surface area contributed by atoms with E-state index < -0.39 is 0 Å². The molecule has 0 fully saturated rings. The van der Waals surface area contributed by atoms with Crippen LogP contribution < -0.4 is 5.32 Å². The van der Waals surface area contributed by atoms with Crippen LogP contribution in [0.3, 0.4) is 0 Å². The number of aromatic nitrogens is 2. The van der Waals surface area contributed by atoms with Gasteiger partial charge in [-0.25, -0.2) is 0 Å². The van der Waals surface area contributed by atoms with Gasteiger partial charge in [-0.15, -0.1) is 0 Å². The Morgan fingerprint density at radius 1 is 1.53 bits per heavy atom. The molecule has 0 saturated heterocycles. The maximum atomic E-state index is 12.5. The summed E-state index contributed by atoms with van der Waals surface area (Å²) in [7, 11) is 0. The third-order valence-electron chi connectivity index (χ3n) is 3.39. The Labute approximate surface area is 116 Å². The molecule has 0 saturated carbocycles. The van der Waals surface area contributed by atoms with Gasteiger partial charge in [0.15, 0.2) is 0 Å². The highest BCUT2D eigenvalue weighted by Crippen LogP contribution is 2.25. The Kier molecular flexibility index (Phi) is 3.03. The molecular weight excluding hydrogens is 262 g/mol. The summed E-state index contributed by atoms with van der Waals surface area (Å²) < 4.78 is 1.64. The fourth-order valence-corrected chi connectivity index (χ4v) is 2.64. The summed E-state index contributed by atoms with van der Waals surface area (Å²) in [4.78, 5) is 12.5. The standard InChI is InChI=1S/C14H14ClN3O/c1-2-18-13(11(15)8-17-18)14(19)10-3-4-12-9(7-10)5-6-16-12/h3-4,7-8,16H,2,5-6H2,1H3. The first-order valence-electron chi connectivity index (χ1n) is 6.33. The molecule has 0 bridgehead atoms. The van der Waals surface area contributed by atoms with E-state index in [0.717, 1.165) is 18.7 Å². The third-order valence-corrected chi connectivity index (χ3v) is 3.66. The summed E-state index contributed by atoms with van der Waals surface area (Å²) in [5.74, 6) is -0.0703. The second kappa shape index (κ2) is 4.70. The lowest BCUT2D eigenvalue weighted by molar-refractivity contribution is 0.102. The molecule has 0 radical (unpaired) electrons. The number of carbonyl (C=O) groups is 1. The first-order chi connectivity index (χ1) is 9.20. The number of aryl methyl sites for hydroxylation is 1. The van der Waals surface area contributed by atoms with Gasteiger partial charge in [0.2, 0.25) is 5.78 Å². The summed E-state index contributed by atoms with van der Waals surface area (Å²) in [6.07, 6.45) is 2.48. The van der Waals surface area contributed by atoms with E-state index in [1.165, 1.54) is 11.8 Å². The van der Waals surface area contributed by atoms with Gasteiger partial charge in [-0.05, 0) is 37.1 Å². The van der Waals surface area contributed by atoms with Gasteiger partial charge in [-0.2, -0.15) is 5.10 Å². The van der Waals surface area contributed by atoms with E-state index in [2.05, 4.69) is 10.4 Å². The molecule has 0 unspecified atom stereocenters. The second-order valence-corrected chi connectivity index (χ2v) is 4.94. The number of nitrogens with zero attached hydrogens (tertiary/aromatic N) is 2. The predicted molar refractivity (Wildman–Crippen MR) is 75.0 cm³/mol. The van der Waals surface area contributed by atoms with Crippen molar-refractivity contribution in [2.75, 3.05) is 11.9 Å². The molecule has 0 spiro atoms. The van der Waals surface area contributed by atoms with Crippen LogP contribution in [0.1, 0.15) is 28.5 Å². The fraction of sp³-hybridized carbons (Fsp3) is 0.286. The smallest absolute Gasteiger partial charge is 0.212 e. The largest absolute Gasteiger partial charge is 0.384 e. The molecule has 0 atom stereocenters. The van der Waals surface area contributed by atoms with Gasteiger partial charge < -0.3 is 5.32 Å². The molecule has 0 amide bonds. The molecule has 1 aliphatic heterocycles. The van der Waals surface area contributed by atoms with Crippen LogP contribution in [0.25, 0.3) is 0 Å². The van der Waals surface area contributed by atoms with E-state index in [1.807, 2.05) is 25.1 Å². The molecule has 1 aromatic heterocycles. The number of benzene rings is 1. The third kappa shape index (κ3) is 2.02. The van der Waals surface area contributed by atoms with E-state index in [1.54, 1.807) is 4.68 Å². The summed E-state index contributed by atoms with van der Waals surface area (Å²) in [6.45, 7) is 3.49. The Morgan fingerprint density at radius 2 is 2.37 bits per heavy atom. The topological polar surface area (TPSA) is 46.9 Å². The number of hydrogen-bond acceptors (Lipinski definition) is 3. The zero-order valence-corrected chi connectivity index (χ0v) is 11.4. The highest BCUT2D eigenvalue weighted by Gasteiger charge is 2.20. The van der Waals surface area contributed by atoms with Crippen molar-refractivity contribution in [1.82, 2.24) is 9.78 Å². The van der Waals surface area contributed by atoms with Crippen molar-refractivity contribution in [3.63, 3.8) is 0 Å². The van der Waals surface area contributed by atoms with Crippen LogP contribution in [0, 0.1) is 0 Å². The highest BCUT2D eigenvalue weighted by atomic mass is 35.5. The van der Waals surface area contributed by atoms with E-state index >= 15 is 0 Å². The molecule has 4 nitrogen and oxygen atoms in total. The van der Waals surface area contributed by atoms with Gasteiger partial charge in [0.25, 0.3) is 0 Å². The van der Waals surface area contributed by atoms with Gasteiger partial charge in [0.05, 0.1) is 11.2 Å². The molecule has 98 valence electrons. The lowest BCUT2D eigenvalue weighted by Crippen LogP contribution is -2.11. The van der Waals surface area contributed by atoms with Gasteiger partial charge in [0, 0.05) is 24.3 Å². The van der Waals surface area contributed by atoms with Crippen molar-refractivity contribution in [1.29, 1.82) is 0 Å². The lowest BCUT2D eigenvalue weighted by Gasteiger charge is -2.06. The first kappa shape index (κ1) is 12.2. The van der Waals surface area contributed by atoms with Crippen molar-refractivity contribution in [2.24, 2.45) is 0 Å². The van der Waals surface area contributed by atoms with Crippen LogP contribution in [-0.2, 0) is 13.0 Å². The number of nitrogens with one attached hydrogen (secondary N) is 1. The van der Waals surface area contributed by atoms with E-state index in [-0.39, 0.29) is 5.78 Å². The minimum Gasteiger partial charge on any atom is -0.384 e. The van der Waals surface area contributed by atoms with E-state index in [0.29, 0.717) is 22.8 Å². The Balaban J connectivity index is 2.02. The van der Waals surface area contributed by atoms with Crippen molar-refractivity contribution >= 4 is 23.1 Å². The average molecular weight is 276 g/mol. The summed E-state index contributed by atoms with van der Waals surface area (Å²) in [6, 6.07) is 5.74. The van der Waals surface area contributed by atoms with Gasteiger partial charge in [0.1, 0.15) is 5.69 Å². The number of ketones is 1. The minimum atomic E-state index is -0.0703. The van der Waals surface area contributed by atoms with Crippen molar-refractivity contribution < 1.29 is 4.79 Å². The number of rotatable bonds is 3. The number of carbonyl (C=O) groups excluding carboxylic acids is 1. The lowest BCUT2D eigenvalue weighted by atomic mass is 10.0. The van der Waals surface area contributed by atoms with Crippen LogP contribution in [0.2, 0.25) is 5.02 Å². The molecular formula is C14H14ClN3O. The van der Waals surface area contributed by atoms with Crippen LogP contribution in [-0.4, -0.2) is 22.1 Å². The molecule has 0 aliphatic carbocycles. The summed E-state index contributed by atoms with van der Waals surface area (Å²) in [5.41, 5.74) is 3.44. The minimum absolute atomic E-state index is 0.0703.